The first kappa shape index (κ1) is 21.4. The number of hydrogen-bond donors (Lipinski definition) is 0. The van der Waals surface area contributed by atoms with Gasteiger partial charge in [-0.25, -0.2) is 4.99 Å². The van der Waals surface area contributed by atoms with Crippen LogP contribution in [-0.2, 0) is 6.42 Å². The topological polar surface area (TPSA) is 77.5 Å². The number of aryl methyl sites for hydroxylation is 2. The number of nitro benzene ring substituents is 1. The van der Waals surface area contributed by atoms with E-state index in [1.54, 1.807) is 18.2 Å². The van der Waals surface area contributed by atoms with Crippen LogP contribution in [0.25, 0.3) is 11.8 Å². The smallest absolute Gasteiger partial charge is 0.271 e. The number of non-ortho nitro benzene ring substituents is 1. The Morgan fingerprint density at radius 2 is 1.77 bits per heavy atom. The summed E-state index contributed by atoms with van der Waals surface area (Å²) in [6.45, 7) is 2.06. The summed E-state index contributed by atoms with van der Waals surface area (Å²) in [5, 5.41) is 11.0. The predicted octanol–water partition coefficient (Wildman–Crippen LogP) is 4.54. The molecular weight excluding hydrogens is 458 g/mol. The molecule has 0 radical (unpaired) electrons. The first-order valence-corrected chi connectivity index (χ1v) is 12.3. The third-order valence-corrected chi connectivity index (χ3v) is 7.65. The van der Waals surface area contributed by atoms with Gasteiger partial charge in [0.1, 0.15) is 0 Å². The summed E-state index contributed by atoms with van der Waals surface area (Å²) in [6, 6.07) is 22.7. The molecule has 1 unspecified atom stereocenters. The van der Waals surface area contributed by atoms with Crippen molar-refractivity contribution in [1.82, 2.24) is 4.57 Å². The lowest BCUT2D eigenvalue weighted by Crippen LogP contribution is -2.38. The highest BCUT2D eigenvalue weighted by Gasteiger charge is 2.32. The number of aromatic nitrogens is 1. The summed E-state index contributed by atoms with van der Waals surface area (Å²) in [6.07, 6.45) is 3.55. The van der Waals surface area contributed by atoms with Crippen molar-refractivity contribution in [3.05, 3.63) is 136 Å². The molecule has 0 saturated carbocycles. The fourth-order valence-corrected chi connectivity index (χ4v) is 5.92. The van der Waals surface area contributed by atoms with Crippen LogP contribution < -0.4 is 14.9 Å². The van der Waals surface area contributed by atoms with E-state index in [1.165, 1.54) is 40.2 Å². The fraction of sp³-hybridized carbons (Fsp3) is 0.143. The second-order valence-electron chi connectivity index (χ2n) is 8.87. The Balaban J connectivity index is 1.57. The lowest BCUT2D eigenvalue weighted by molar-refractivity contribution is -0.384. The number of allylic oxidation sites excluding steroid dienone is 1. The standard InChI is InChI=1S/C28H21N3O3S/c1-17-6-10-20(11-7-17)26-23-15-12-19-4-2-3-5-22(19)25(23)29-28-30(26)27(32)24(35-28)16-18-8-13-21(14-9-18)31(33)34/h2-11,13-14,16,26H,12,15H2,1H3. The highest BCUT2D eigenvalue weighted by Crippen LogP contribution is 2.41. The van der Waals surface area contributed by atoms with E-state index in [-0.39, 0.29) is 17.3 Å². The van der Waals surface area contributed by atoms with Crippen LogP contribution in [-0.4, -0.2) is 9.49 Å². The van der Waals surface area contributed by atoms with Crippen molar-refractivity contribution >= 4 is 28.8 Å². The monoisotopic (exact) mass is 479 g/mol. The van der Waals surface area contributed by atoms with E-state index < -0.39 is 4.92 Å². The summed E-state index contributed by atoms with van der Waals surface area (Å²) in [4.78, 5) is 30.0. The van der Waals surface area contributed by atoms with Crippen molar-refractivity contribution < 1.29 is 4.92 Å². The summed E-state index contributed by atoms with van der Waals surface area (Å²) in [7, 11) is 0. The number of benzene rings is 3. The molecule has 2 aliphatic rings. The van der Waals surface area contributed by atoms with E-state index >= 15 is 0 Å². The van der Waals surface area contributed by atoms with Crippen molar-refractivity contribution in [3.63, 3.8) is 0 Å². The highest BCUT2D eigenvalue weighted by molar-refractivity contribution is 7.07. The number of nitrogens with zero attached hydrogens (tertiary/aromatic N) is 3. The van der Waals surface area contributed by atoms with Gasteiger partial charge in [-0.15, -0.1) is 0 Å². The number of nitro groups is 1. The van der Waals surface area contributed by atoms with Gasteiger partial charge in [0.25, 0.3) is 11.2 Å². The summed E-state index contributed by atoms with van der Waals surface area (Å²) < 4.78 is 2.38. The molecule has 1 aromatic heterocycles. The van der Waals surface area contributed by atoms with Gasteiger partial charge in [-0.3, -0.25) is 19.5 Å². The van der Waals surface area contributed by atoms with Crippen LogP contribution in [0.3, 0.4) is 0 Å². The van der Waals surface area contributed by atoms with Crippen molar-refractivity contribution in [3.8, 4) is 0 Å². The minimum absolute atomic E-state index is 0.0225. The van der Waals surface area contributed by atoms with Gasteiger partial charge in [-0.2, -0.15) is 0 Å². The Hall–Kier alpha value is -4.10. The Labute approximate surface area is 205 Å². The van der Waals surface area contributed by atoms with E-state index in [0.29, 0.717) is 9.33 Å². The van der Waals surface area contributed by atoms with Crippen molar-refractivity contribution in [2.24, 2.45) is 4.99 Å². The highest BCUT2D eigenvalue weighted by atomic mass is 32.1. The lowest BCUT2D eigenvalue weighted by Gasteiger charge is -2.30. The molecular formula is C28H21N3O3S. The molecule has 6 nitrogen and oxygen atoms in total. The molecule has 6 rings (SSSR count). The maximum Gasteiger partial charge on any atom is 0.271 e. The number of hydrogen-bond acceptors (Lipinski definition) is 5. The van der Waals surface area contributed by atoms with Crippen LogP contribution in [0.4, 0.5) is 5.69 Å². The largest absolute Gasteiger partial charge is 0.272 e. The molecule has 1 aliphatic carbocycles. The first-order chi connectivity index (χ1) is 17.0. The molecule has 0 fully saturated rings. The van der Waals surface area contributed by atoms with E-state index in [2.05, 4.69) is 49.4 Å². The van der Waals surface area contributed by atoms with E-state index in [1.807, 2.05) is 10.6 Å². The zero-order chi connectivity index (χ0) is 24.1. The van der Waals surface area contributed by atoms with Crippen LogP contribution in [0.5, 0.6) is 0 Å². The van der Waals surface area contributed by atoms with Gasteiger partial charge < -0.3 is 0 Å². The molecule has 1 atom stereocenters. The molecule has 0 bridgehead atoms. The molecule has 4 aromatic rings. The molecule has 0 amide bonds. The number of fused-ring (bicyclic) bond motifs is 3. The van der Waals surface area contributed by atoms with Gasteiger partial charge in [-0.1, -0.05) is 65.4 Å². The zero-order valence-electron chi connectivity index (χ0n) is 19.0. The van der Waals surface area contributed by atoms with Gasteiger partial charge >= 0.3 is 0 Å². The third kappa shape index (κ3) is 3.65. The minimum Gasteiger partial charge on any atom is -0.272 e. The SMILES string of the molecule is Cc1ccc(C2C3=C(N=c4sc(=Cc5ccc([N+](=O)[O-])cc5)c(=O)n42)c2ccccc2CC3)cc1. The van der Waals surface area contributed by atoms with Crippen LogP contribution in [0, 0.1) is 17.0 Å². The maximum absolute atomic E-state index is 13.7. The van der Waals surface area contributed by atoms with Crippen molar-refractivity contribution in [2.45, 2.75) is 25.8 Å². The Morgan fingerprint density at radius 3 is 2.51 bits per heavy atom. The molecule has 2 heterocycles. The van der Waals surface area contributed by atoms with E-state index in [9.17, 15) is 14.9 Å². The molecule has 3 aromatic carbocycles. The summed E-state index contributed by atoms with van der Waals surface area (Å²) >= 11 is 1.36. The molecule has 1 aliphatic heterocycles. The normalized spacial score (nSPS) is 16.8. The van der Waals surface area contributed by atoms with Gasteiger partial charge in [0.2, 0.25) is 0 Å². The average Bonchev–Trinajstić information content (AvgIpc) is 3.18. The summed E-state index contributed by atoms with van der Waals surface area (Å²) in [5.74, 6) is 0. The van der Waals surface area contributed by atoms with Crippen molar-refractivity contribution in [2.75, 3.05) is 0 Å². The Bertz CT molecular complexity index is 1690. The average molecular weight is 480 g/mol. The Kier molecular flexibility index (Phi) is 5.07. The Morgan fingerprint density at radius 1 is 1.03 bits per heavy atom. The van der Waals surface area contributed by atoms with Gasteiger partial charge in [-0.05, 0) is 60.2 Å². The first-order valence-electron chi connectivity index (χ1n) is 11.4. The van der Waals surface area contributed by atoms with Crippen molar-refractivity contribution in [1.29, 1.82) is 0 Å². The molecule has 0 spiro atoms. The quantitative estimate of drug-likeness (QED) is 0.320. The van der Waals surface area contributed by atoms with Gasteiger partial charge in [0, 0.05) is 17.7 Å². The summed E-state index contributed by atoms with van der Waals surface area (Å²) in [5.41, 5.74) is 7.46. The number of thiazole rings is 1. The van der Waals surface area contributed by atoms with E-state index in [0.717, 1.165) is 35.2 Å². The van der Waals surface area contributed by atoms with Crippen LogP contribution >= 0.6 is 11.3 Å². The lowest BCUT2D eigenvalue weighted by atomic mass is 9.83. The molecule has 7 heteroatoms. The number of rotatable bonds is 3. The second-order valence-corrected chi connectivity index (χ2v) is 9.88. The zero-order valence-corrected chi connectivity index (χ0v) is 19.8. The molecule has 0 saturated heterocycles. The van der Waals surface area contributed by atoms with Crippen LogP contribution in [0.1, 0.15) is 40.3 Å². The fourth-order valence-electron chi connectivity index (χ4n) is 4.91. The molecule has 35 heavy (non-hydrogen) atoms. The van der Waals surface area contributed by atoms with Crippen LogP contribution in [0.15, 0.2) is 88.2 Å². The van der Waals surface area contributed by atoms with Gasteiger partial charge in [0.05, 0.1) is 21.2 Å². The molecule has 0 N–H and O–H groups in total. The molecule has 172 valence electrons. The predicted molar refractivity (Wildman–Crippen MR) is 137 cm³/mol. The van der Waals surface area contributed by atoms with Gasteiger partial charge in [0.15, 0.2) is 4.80 Å². The van der Waals surface area contributed by atoms with E-state index in [4.69, 9.17) is 4.99 Å². The van der Waals surface area contributed by atoms with Crippen LogP contribution in [0.2, 0.25) is 0 Å². The second kappa shape index (κ2) is 8.29. The third-order valence-electron chi connectivity index (χ3n) is 6.67. The maximum atomic E-state index is 13.7. The minimum atomic E-state index is -0.429.